The molecule has 0 bridgehead atoms. The fourth-order valence-electron chi connectivity index (χ4n) is 0.125. The standard InChI is InChI=1S/C2H4GeSi3/c3-1-2-5-6-4/h1-2H2. The van der Waals surface area contributed by atoms with E-state index < -0.39 is 0 Å². The van der Waals surface area contributed by atoms with Gasteiger partial charge in [0.05, 0.1) is 0 Å². The summed E-state index contributed by atoms with van der Waals surface area (Å²) in [5.41, 5.74) is 0. The quantitative estimate of drug-likeness (QED) is 0.406. The molecule has 0 aliphatic carbocycles. The molecule has 0 aliphatic rings. The summed E-state index contributed by atoms with van der Waals surface area (Å²) in [6.45, 7) is 0. The van der Waals surface area contributed by atoms with E-state index in [-0.39, 0.29) is 0 Å². The van der Waals surface area contributed by atoms with E-state index in [9.17, 15) is 0 Å². The van der Waals surface area contributed by atoms with E-state index >= 15 is 0 Å². The average Bonchev–Trinajstić information content (AvgIpc) is 1.61. The second-order valence-corrected chi connectivity index (χ2v) is 7.02. The van der Waals surface area contributed by atoms with E-state index in [1.54, 1.807) is 0 Å². The molecular formula is C2H4GeSi3. The van der Waals surface area contributed by atoms with Crippen LogP contribution >= 0.6 is 0 Å². The topological polar surface area (TPSA) is 0 Å². The predicted octanol–water partition coefficient (Wildman–Crippen LogP) is -0.602. The summed E-state index contributed by atoms with van der Waals surface area (Å²) in [5.74, 6) is 0. The first kappa shape index (κ1) is 7.19. The minimum absolute atomic E-state index is 0.998. The molecule has 0 saturated carbocycles. The third kappa shape index (κ3) is 5.19. The summed E-state index contributed by atoms with van der Waals surface area (Å²) in [5, 5.41) is 1.34. The van der Waals surface area contributed by atoms with Crippen LogP contribution in [0.5, 0.6) is 0 Å². The Hall–Kier alpha value is 1.19. The van der Waals surface area contributed by atoms with E-state index in [1.807, 2.05) is 0 Å². The van der Waals surface area contributed by atoms with E-state index in [0.29, 0.717) is 0 Å². The summed E-state index contributed by atoms with van der Waals surface area (Å²) in [6, 6.07) is 1.40. The fourth-order valence-corrected chi connectivity index (χ4v) is 4.61. The molecule has 10 radical (unpaired) electrons. The van der Waals surface area contributed by atoms with Crippen molar-refractivity contribution >= 4 is 43.9 Å². The molecule has 0 nitrogen and oxygen atoms in total. The monoisotopic (exact) mass is 186 g/mol. The summed E-state index contributed by atoms with van der Waals surface area (Å²) in [7, 11) is 5.59. The summed E-state index contributed by atoms with van der Waals surface area (Å²) in [6.07, 6.45) is 0. The molecular weight excluding hydrogens is 181 g/mol. The molecule has 0 fully saturated rings. The van der Waals surface area contributed by atoms with Crippen molar-refractivity contribution in [3.63, 3.8) is 0 Å². The molecule has 0 saturated heterocycles. The molecule has 0 rings (SSSR count). The fraction of sp³-hybridized carbons (Fsp3) is 1.00. The van der Waals surface area contributed by atoms with Crippen LogP contribution in [0, 0.1) is 0 Å². The van der Waals surface area contributed by atoms with Crippen LogP contribution in [0.2, 0.25) is 11.3 Å². The Morgan fingerprint density at radius 2 is 2.33 bits per heavy atom. The molecule has 0 unspecified atom stereocenters. The van der Waals surface area contributed by atoms with Crippen molar-refractivity contribution in [1.82, 2.24) is 0 Å². The van der Waals surface area contributed by atoms with Gasteiger partial charge in [0, 0.05) is 0 Å². The summed E-state index contributed by atoms with van der Waals surface area (Å²) in [4.78, 5) is 0. The maximum atomic E-state index is 3.43. The Morgan fingerprint density at radius 1 is 1.67 bits per heavy atom. The van der Waals surface area contributed by atoms with E-state index in [2.05, 4.69) is 26.3 Å². The Morgan fingerprint density at radius 3 is 2.50 bits per heavy atom. The zero-order valence-corrected chi connectivity index (χ0v) is 8.51. The first-order chi connectivity index (χ1) is 2.91. The molecule has 28 valence electrons. The van der Waals surface area contributed by atoms with Gasteiger partial charge in [0.15, 0.2) is 0 Å². The maximum absolute atomic E-state index is 3.43. The molecule has 0 atom stereocenters. The molecule has 0 N–H and O–H groups in total. The van der Waals surface area contributed by atoms with Gasteiger partial charge in [-0.3, -0.25) is 0 Å². The number of hydrogen-bond acceptors (Lipinski definition) is 0. The van der Waals surface area contributed by atoms with Crippen LogP contribution in [0.15, 0.2) is 0 Å². The van der Waals surface area contributed by atoms with Gasteiger partial charge < -0.3 is 0 Å². The normalized spacial score (nSPS) is 9.00. The van der Waals surface area contributed by atoms with E-state index in [0.717, 1.165) is 17.6 Å². The van der Waals surface area contributed by atoms with Gasteiger partial charge in [-0.25, -0.2) is 0 Å². The number of hydrogen-bond donors (Lipinski definition) is 0. The van der Waals surface area contributed by atoms with Crippen LogP contribution in [-0.2, 0) is 0 Å². The second kappa shape index (κ2) is 6.19. The molecule has 0 spiro atoms. The van der Waals surface area contributed by atoms with Crippen molar-refractivity contribution in [1.29, 1.82) is 0 Å². The second-order valence-electron chi connectivity index (χ2n) is 0.802. The molecule has 0 aromatic rings. The van der Waals surface area contributed by atoms with Crippen molar-refractivity contribution in [3.8, 4) is 0 Å². The van der Waals surface area contributed by atoms with Crippen molar-refractivity contribution in [2.75, 3.05) is 0 Å². The van der Waals surface area contributed by atoms with Crippen molar-refractivity contribution in [2.24, 2.45) is 0 Å². The molecule has 6 heavy (non-hydrogen) atoms. The van der Waals surface area contributed by atoms with Crippen LogP contribution in [-0.4, -0.2) is 43.9 Å². The van der Waals surface area contributed by atoms with Crippen LogP contribution in [0.25, 0.3) is 0 Å². The number of rotatable bonds is 3. The Bertz CT molecular complexity index is 20.8. The summed E-state index contributed by atoms with van der Waals surface area (Å²) >= 11 is 2.22. The first-order valence-corrected chi connectivity index (χ1v) is 7.90. The average molecular weight is 185 g/mol. The van der Waals surface area contributed by atoms with Crippen molar-refractivity contribution in [2.45, 2.75) is 11.3 Å². The Balaban J connectivity index is 2.34. The zero-order valence-electron chi connectivity index (χ0n) is 3.41. The molecule has 0 amide bonds. The van der Waals surface area contributed by atoms with Crippen LogP contribution in [0.4, 0.5) is 0 Å². The van der Waals surface area contributed by atoms with Crippen LogP contribution < -0.4 is 0 Å². The van der Waals surface area contributed by atoms with Gasteiger partial charge in [0.25, 0.3) is 0 Å². The van der Waals surface area contributed by atoms with Gasteiger partial charge in [0.1, 0.15) is 0 Å². The van der Waals surface area contributed by atoms with E-state index in [4.69, 9.17) is 0 Å². The summed E-state index contributed by atoms with van der Waals surface area (Å²) < 4.78 is 0. The predicted molar refractivity (Wildman–Crippen MR) is 32.6 cm³/mol. The zero-order chi connectivity index (χ0) is 4.83. The van der Waals surface area contributed by atoms with E-state index in [1.165, 1.54) is 11.3 Å². The van der Waals surface area contributed by atoms with Crippen molar-refractivity contribution in [3.05, 3.63) is 0 Å². The minimum atomic E-state index is 0.998. The molecule has 0 aromatic heterocycles. The van der Waals surface area contributed by atoms with Gasteiger partial charge in [-0.2, -0.15) is 0 Å². The van der Waals surface area contributed by atoms with Crippen LogP contribution in [0.1, 0.15) is 0 Å². The first-order valence-electron chi connectivity index (χ1n) is 1.71. The van der Waals surface area contributed by atoms with Gasteiger partial charge >= 0.3 is 55.2 Å². The van der Waals surface area contributed by atoms with Crippen LogP contribution in [0.3, 0.4) is 0 Å². The molecule has 0 aliphatic heterocycles. The Labute approximate surface area is 55.3 Å². The van der Waals surface area contributed by atoms with Crippen molar-refractivity contribution < 1.29 is 0 Å². The molecule has 4 heteroatoms. The SMILES string of the molecule is [Si][Si][Si]C[CH2][Ge]. The third-order valence-corrected chi connectivity index (χ3v) is 5.46. The Kier molecular flexibility index (Phi) is 7.43. The molecule has 0 heterocycles. The molecule has 0 aromatic carbocycles. The third-order valence-electron chi connectivity index (χ3n) is 0.338. The van der Waals surface area contributed by atoms with Gasteiger partial charge in [-0.05, 0) is 0 Å². The van der Waals surface area contributed by atoms with Gasteiger partial charge in [-0.15, -0.1) is 0 Å². The van der Waals surface area contributed by atoms with Gasteiger partial charge in [-0.1, -0.05) is 0 Å². The van der Waals surface area contributed by atoms with Gasteiger partial charge in [0.2, 0.25) is 0 Å².